The van der Waals surface area contributed by atoms with Crippen molar-refractivity contribution < 1.29 is 4.79 Å². The zero-order valence-electron chi connectivity index (χ0n) is 7.53. The number of fused-ring (bicyclic) bond motifs is 1. The Kier molecular flexibility index (Phi) is 2.02. The van der Waals surface area contributed by atoms with Crippen molar-refractivity contribution in [3.63, 3.8) is 0 Å². The number of hydrogen-bond donors (Lipinski definition) is 3. The van der Waals surface area contributed by atoms with E-state index in [0.29, 0.717) is 11.5 Å². The first-order valence-corrected chi connectivity index (χ1v) is 4.08. The Morgan fingerprint density at radius 1 is 1.57 bits per heavy atom. The second kappa shape index (κ2) is 3.33. The van der Waals surface area contributed by atoms with Gasteiger partial charge in [-0.1, -0.05) is 0 Å². The predicted octanol–water partition coefficient (Wildman–Crippen LogP) is 0.709. The van der Waals surface area contributed by atoms with Crippen molar-refractivity contribution in [2.75, 3.05) is 12.4 Å². The molecule has 0 unspecified atom stereocenters. The number of nitrogens with one attached hydrogen (secondary N) is 3. The van der Waals surface area contributed by atoms with Crippen LogP contribution in [-0.2, 0) is 0 Å². The fourth-order valence-corrected chi connectivity index (χ4v) is 1.07. The number of H-pyrrole nitrogens is 1. The molecule has 6 nitrogen and oxygen atoms in total. The van der Waals surface area contributed by atoms with E-state index in [1.807, 2.05) is 0 Å². The van der Waals surface area contributed by atoms with Crippen molar-refractivity contribution in [1.82, 2.24) is 20.3 Å². The minimum atomic E-state index is -0.311. The molecule has 72 valence electrons. The summed E-state index contributed by atoms with van der Waals surface area (Å²) in [5.41, 5.74) is 1.42. The highest BCUT2D eigenvalue weighted by molar-refractivity contribution is 5.88. The number of hydrogen-bond acceptors (Lipinski definition) is 3. The number of carbonyl (C=O) groups is 1. The van der Waals surface area contributed by atoms with Crippen molar-refractivity contribution in [1.29, 1.82) is 0 Å². The van der Waals surface area contributed by atoms with E-state index in [0.717, 1.165) is 5.52 Å². The molecule has 2 aromatic rings. The fourth-order valence-electron chi connectivity index (χ4n) is 1.07. The Morgan fingerprint density at radius 2 is 2.43 bits per heavy atom. The summed E-state index contributed by atoms with van der Waals surface area (Å²) in [5, 5.41) is 4.97. The lowest BCUT2D eigenvalue weighted by atomic mass is 10.5. The molecule has 0 aliphatic rings. The van der Waals surface area contributed by atoms with Crippen molar-refractivity contribution in [3.05, 3.63) is 18.5 Å². The maximum atomic E-state index is 11.0. The van der Waals surface area contributed by atoms with E-state index in [4.69, 9.17) is 0 Å². The molecule has 2 rings (SSSR count). The number of carbonyl (C=O) groups excluding carboxylic acids is 1. The molecule has 0 spiro atoms. The third-order valence-corrected chi connectivity index (χ3v) is 1.73. The van der Waals surface area contributed by atoms with Crippen molar-refractivity contribution >= 4 is 23.0 Å². The maximum Gasteiger partial charge on any atom is 0.320 e. The number of aromatic nitrogens is 3. The second-order valence-electron chi connectivity index (χ2n) is 2.67. The Labute approximate surface area is 79.8 Å². The molecule has 2 amide bonds. The minimum absolute atomic E-state index is 0.311. The summed E-state index contributed by atoms with van der Waals surface area (Å²) in [4.78, 5) is 22.1. The third kappa shape index (κ3) is 1.49. The van der Waals surface area contributed by atoms with E-state index in [2.05, 4.69) is 25.6 Å². The van der Waals surface area contributed by atoms with Crippen LogP contribution in [0.2, 0.25) is 0 Å². The monoisotopic (exact) mass is 191 g/mol. The summed E-state index contributed by atoms with van der Waals surface area (Å²) in [5.74, 6) is 0.427. The van der Waals surface area contributed by atoms with Crippen LogP contribution in [0, 0.1) is 0 Å². The summed E-state index contributed by atoms with van der Waals surface area (Å²) in [7, 11) is 1.54. The molecule has 0 bridgehead atoms. The van der Waals surface area contributed by atoms with Crippen molar-refractivity contribution in [3.8, 4) is 0 Å². The van der Waals surface area contributed by atoms with E-state index >= 15 is 0 Å². The van der Waals surface area contributed by atoms with Crippen LogP contribution in [0.4, 0.5) is 10.6 Å². The molecule has 6 heteroatoms. The van der Waals surface area contributed by atoms with Gasteiger partial charge >= 0.3 is 6.03 Å². The minimum Gasteiger partial charge on any atom is -0.345 e. The van der Waals surface area contributed by atoms with Crippen LogP contribution in [0.25, 0.3) is 11.2 Å². The molecule has 0 aromatic carbocycles. The van der Waals surface area contributed by atoms with Crippen molar-refractivity contribution in [2.45, 2.75) is 0 Å². The van der Waals surface area contributed by atoms with Crippen molar-refractivity contribution in [2.24, 2.45) is 0 Å². The molecular formula is C8H9N5O. The van der Waals surface area contributed by atoms with Gasteiger partial charge in [-0.3, -0.25) is 5.32 Å². The molecule has 0 saturated carbocycles. The van der Waals surface area contributed by atoms with Gasteiger partial charge in [0, 0.05) is 13.2 Å². The number of anilines is 1. The molecule has 0 aliphatic carbocycles. The van der Waals surface area contributed by atoms with Gasteiger partial charge in [0.15, 0.2) is 11.5 Å². The lowest BCUT2D eigenvalue weighted by molar-refractivity contribution is 0.254. The zero-order chi connectivity index (χ0) is 9.97. The fraction of sp³-hybridized carbons (Fsp3) is 0.125. The Morgan fingerprint density at radius 3 is 3.21 bits per heavy atom. The molecule has 14 heavy (non-hydrogen) atoms. The van der Waals surface area contributed by atoms with Crippen LogP contribution in [0.15, 0.2) is 18.5 Å². The molecule has 0 fully saturated rings. The van der Waals surface area contributed by atoms with Crippen LogP contribution in [0.3, 0.4) is 0 Å². The lowest BCUT2D eigenvalue weighted by Crippen LogP contribution is -2.25. The average molecular weight is 191 g/mol. The van der Waals surface area contributed by atoms with Gasteiger partial charge in [0.1, 0.15) is 5.52 Å². The molecule has 0 aliphatic heterocycles. The third-order valence-electron chi connectivity index (χ3n) is 1.73. The van der Waals surface area contributed by atoms with Gasteiger partial charge in [-0.15, -0.1) is 0 Å². The second-order valence-corrected chi connectivity index (χ2v) is 2.67. The van der Waals surface area contributed by atoms with Crippen LogP contribution in [0.1, 0.15) is 0 Å². The predicted molar refractivity (Wildman–Crippen MR) is 52.0 cm³/mol. The molecular weight excluding hydrogens is 182 g/mol. The van der Waals surface area contributed by atoms with Gasteiger partial charge in [0.05, 0.1) is 6.20 Å². The molecule has 2 aromatic heterocycles. The Bertz CT molecular complexity index is 463. The molecule has 0 atom stereocenters. The number of nitrogens with zero attached hydrogens (tertiary/aromatic N) is 2. The highest BCUT2D eigenvalue weighted by Gasteiger charge is 2.02. The number of rotatable bonds is 1. The largest absolute Gasteiger partial charge is 0.345 e. The van der Waals surface area contributed by atoms with E-state index in [-0.39, 0.29) is 6.03 Å². The highest BCUT2D eigenvalue weighted by atomic mass is 16.2. The van der Waals surface area contributed by atoms with Gasteiger partial charge in [-0.05, 0) is 6.07 Å². The lowest BCUT2D eigenvalue weighted by Gasteiger charge is -2.01. The number of urea groups is 1. The zero-order valence-corrected chi connectivity index (χ0v) is 7.53. The topological polar surface area (TPSA) is 82.7 Å². The first-order valence-electron chi connectivity index (χ1n) is 4.08. The first kappa shape index (κ1) is 8.49. The summed E-state index contributed by atoms with van der Waals surface area (Å²) in [6.07, 6.45) is 3.24. The van der Waals surface area contributed by atoms with E-state index in [9.17, 15) is 4.79 Å². The van der Waals surface area contributed by atoms with Crippen LogP contribution < -0.4 is 10.6 Å². The molecule has 2 heterocycles. The van der Waals surface area contributed by atoms with Gasteiger partial charge < -0.3 is 10.3 Å². The smallest absolute Gasteiger partial charge is 0.320 e. The van der Waals surface area contributed by atoms with Crippen LogP contribution in [-0.4, -0.2) is 28.0 Å². The average Bonchev–Trinajstić information content (AvgIpc) is 2.64. The summed E-state index contributed by atoms with van der Waals surface area (Å²) >= 11 is 0. The summed E-state index contributed by atoms with van der Waals surface area (Å²) in [6, 6.07) is 1.48. The Hall–Kier alpha value is -2.11. The van der Waals surface area contributed by atoms with Crippen LogP contribution in [0.5, 0.6) is 0 Å². The van der Waals surface area contributed by atoms with Gasteiger partial charge in [0.25, 0.3) is 0 Å². The molecule has 0 saturated heterocycles. The van der Waals surface area contributed by atoms with E-state index < -0.39 is 0 Å². The number of aromatic amines is 1. The number of amides is 2. The Balaban J connectivity index is 2.30. The molecule has 3 N–H and O–H groups in total. The quantitative estimate of drug-likeness (QED) is 0.620. The van der Waals surface area contributed by atoms with Crippen LogP contribution >= 0.6 is 0 Å². The maximum absolute atomic E-state index is 11.0. The van der Waals surface area contributed by atoms with Gasteiger partial charge in [-0.25, -0.2) is 14.8 Å². The first-order chi connectivity index (χ1) is 6.79. The van der Waals surface area contributed by atoms with Gasteiger partial charge in [-0.2, -0.15) is 0 Å². The molecule has 0 radical (unpaired) electrons. The highest BCUT2D eigenvalue weighted by Crippen LogP contribution is 2.09. The van der Waals surface area contributed by atoms with E-state index in [1.54, 1.807) is 12.3 Å². The normalized spacial score (nSPS) is 10.1. The summed E-state index contributed by atoms with van der Waals surface area (Å²) < 4.78 is 0. The standard InChI is InChI=1S/C8H9N5O/c1-9-8(14)13-6-4-11-7-5(12-6)2-3-10-7/h2-4H,1H3,(H,10,11)(H2,9,12,13,14). The van der Waals surface area contributed by atoms with E-state index in [1.165, 1.54) is 13.2 Å². The van der Waals surface area contributed by atoms with Gasteiger partial charge in [0.2, 0.25) is 0 Å². The SMILES string of the molecule is CNC(=O)Nc1cnc2[nH]ccc2n1. The summed E-state index contributed by atoms with van der Waals surface area (Å²) in [6.45, 7) is 0.